The molecule has 3 aromatic carbocycles. The third-order valence-corrected chi connectivity index (χ3v) is 7.11. The summed E-state index contributed by atoms with van der Waals surface area (Å²) in [5.74, 6) is -0.625. The molecular weight excluding hydrogens is 446 g/mol. The van der Waals surface area contributed by atoms with Gasteiger partial charge < -0.3 is 5.32 Å². The average Bonchev–Trinajstić information content (AvgIpc) is 3.25. The lowest BCUT2D eigenvalue weighted by Gasteiger charge is -2.33. The number of fused-ring (bicyclic) bond motifs is 2. The zero-order valence-corrected chi connectivity index (χ0v) is 18.4. The van der Waals surface area contributed by atoms with Crippen molar-refractivity contribution in [2.24, 2.45) is 0 Å². The molecule has 3 amide bonds. The van der Waals surface area contributed by atoms with E-state index in [1.807, 2.05) is 48.5 Å². The summed E-state index contributed by atoms with van der Waals surface area (Å²) in [7, 11) is 0. The second-order valence-corrected chi connectivity index (χ2v) is 9.07. The maximum absolute atomic E-state index is 13.9. The highest BCUT2D eigenvalue weighted by atomic mass is 35.5. The summed E-state index contributed by atoms with van der Waals surface area (Å²) in [5, 5.41) is 3.29. The minimum absolute atomic E-state index is 0.144. The van der Waals surface area contributed by atoms with Gasteiger partial charge in [0, 0.05) is 22.0 Å². The molecule has 0 aromatic heterocycles. The standard InChI is InChI=1S/C24H18ClN3O3S/c25-16-7-6-8-17(13-16)26-21(29)14-27-20-12-5-4-11-19(20)24(23(27)31)28(22(30)15-32-24)18-9-2-1-3-10-18/h1-13H,14-15H2,(H,26,29)/t24-/m1/s1. The van der Waals surface area contributed by atoms with E-state index in [1.165, 1.54) is 16.7 Å². The third-order valence-electron chi connectivity index (χ3n) is 5.49. The predicted molar refractivity (Wildman–Crippen MR) is 127 cm³/mol. The molecule has 0 saturated carbocycles. The highest BCUT2D eigenvalue weighted by Crippen LogP contribution is 2.55. The van der Waals surface area contributed by atoms with Gasteiger partial charge >= 0.3 is 0 Å². The fraction of sp³-hybridized carbons (Fsp3) is 0.125. The lowest BCUT2D eigenvalue weighted by molar-refractivity contribution is -0.124. The first kappa shape index (κ1) is 20.6. The number of amides is 3. The largest absolute Gasteiger partial charge is 0.324 e. The van der Waals surface area contributed by atoms with Crippen LogP contribution in [-0.2, 0) is 19.3 Å². The summed E-state index contributed by atoms with van der Waals surface area (Å²) in [6.45, 7) is -0.179. The minimum atomic E-state index is -1.23. The molecule has 0 radical (unpaired) electrons. The monoisotopic (exact) mass is 463 g/mol. The minimum Gasteiger partial charge on any atom is -0.324 e. The van der Waals surface area contributed by atoms with Crippen molar-refractivity contribution in [1.82, 2.24) is 0 Å². The number of carbonyl (C=O) groups is 3. The Bertz CT molecular complexity index is 1240. The molecule has 2 heterocycles. The van der Waals surface area contributed by atoms with E-state index in [4.69, 9.17) is 11.6 Å². The first-order valence-electron chi connectivity index (χ1n) is 9.99. The zero-order valence-electron chi connectivity index (χ0n) is 16.8. The van der Waals surface area contributed by atoms with Crippen LogP contribution < -0.4 is 15.1 Å². The Labute approximate surface area is 194 Å². The Morgan fingerprint density at radius 3 is 2.53 bits per heavy atom. The van der Waals surface area contributed by atoms with Gasteiger partial charge in [-0.05, 0) is 36.4 Å². The SMILES string of the molecule is O=C(CN1C(=O)[C@]2(SCC(=O)N2c2ccccc2)c2ccccc21)Nc1cccc(Cl)c1. The van der Waals surface area contributed by atoms with Gasteiger partial charge in [0.1, 0.15) is 6.54 Å². The molecule has 1 N–H and O–H groups in total. The summed E-state index contributed by atoms with van der Waals surface area (Å²) in [6, 6.07) is 23.3. The molecule has 0 aliphatic carbocycles. The van der Waals surface area contributed by atoms with Crippen molar-refractivity contribution >= 4 is 58.1 Å². The van der Waals surface area contributed by atoms with E-state index in [2.05, 4.69) is 5.32 Å². The van der Waals surface area contributed by atoms with Crippen molar-refractivity contribution < 1.29 is 14.4 Å². The molecule has 8 heteroatoms. The van der Waals surface area contributed by atoms with Crippen LogP contribution >= 0.6 is 23.4 Å². The quantitative estimate of drug-likeness (QED) is 0.627. The van der Waals surface area contributed by atoms with Crippen LogP contribution in [0, 0.1) is 0 Å². The number of carbonyl (C=O) groups excluding carboxylic acids is 3. The van der Waals surface area contributed by atoms with Gasteiger partial charge in [-0.15, -0.1) is 11.8 Å². The highest BCUT2D eigenvalue weighted by molar-refractivity contribution is 8.02. The molecule has 2 aliphatic rings. The van der Waals surface area contributed by atoms with E-state index in [0.29, 0.717) is 27.6 Å². The van der Waals surface area contributed by atoms with Gasteiger partial charge in [0.15, 0.2) is 0 Å². The Morgan fingerprint density at radius 1 is 1.00 bits per heavy atom. The first-order valence-corrected chi connectivity index (χ1v) is 11.4. The number of halogens is 1. The van der Waals surface area contributed by atoms with Crippen molar-refractivity contribution in [3.63, 3.8) is 0 Å². The van der Waals surface area contributed by atoms with Crippen molar-refractivity contribution in [2.45, 2.75) is 4.87 Å². The van der Waals surface area contributed by atoms with Gasteiger partial charge in [0.05, 0.1) is 11.4 Å². The van der Waals surface area contributed by atoms with Crippen LogP contribution in [0.2, 0.25) is 5.02 Å². The number of hydrogen-bond donors (Lipinski definition) is 1. The van der Waals surface area contributed by atoms with Gasteiger partial charge in [0.25, 0.3) is 5.91 Å². The molecule has 1 fully saturated rings. The molecular formula is C24H18ClN3O3S. The number of benzene rings is 3. The Balaban J connectivity index is 1.51. The molecule has 0 bridgehead atoms. The van der Waals surface area contributed by atoms with E-state index < -0.39 is 4.87 Å². The van der Waals surface area contributed by atoms with Gasteiger partial charge in [-0.2, -0.15) is 0 Å². The summed E-state index contributed by atoms with van der Waals surface area (Å²) >= 11 is 7.29. The Morgan fingerprint density at radius 2 is 1.75 bits per heavy atom. The molecule has 1 spiro atoms. The van der Waals surface area contributed by atoms with E-state index in [0.717, 1.165) is 0 Å². The van der Waals surface area contributed by atoms with Crippen molar-refractivity contribution in [2.75, 3.05) is 27.4 Å². The molecule has 32 heavy (non-hydrogen) atoms. The maximum Gasteiger partial charge on any atom is 0.269 e. The summed E-state index contributed by atoms with van der Waals surface area (Å²) in [5.41, 5.74) is 2.53. The van der Waals surface area contributed by atoms with Gasteiger partial charge in [-0.3, -0.25) is 24.2 Å². The third kappa shape index (κ3) is 3.25. The number of nitrogens with zero attached hydrogens (tertiary/aromatic N) is 2. The lowest BCUT2D eigenvalue weighted by atomic mass is 10.0. The fourth-order valence-electron chi connectivity index (χ4n) is 4.20. The van der Waals surface area contributed by atoms with Crippen LogP contribution in [0.25, 0.3) is 0 Å². The smallest absolute Gasteiger partial charge is 0.269 e. The number of anilines is 3. The normalized spacial score (nSPS) is 19.5. The van der Waals surface area contributed by atoms with Gasteiger partial charge in [-0.1, -0.05) is 54.1 Å². The number of nitrogens with one attached hydrogen (secondary N) is 1. The topological polar surface area (TPSA) is 69.7 Å². The van der Waals surface area contributed by atoms with Gasteiger partial charge in [0.2, 0.25) is 16.7 Å². The molecule has 5 rings (SSSR count). The summed E-state index contributed by atoms with van der Waals surface area (Å²) in [4.78, 5) is 41.4. The van der Waals surface area contributed by atoms with Crippen LogP contribution in [0.4, 0.5) is 17.1 Å². The van der Waals surface area contributed by atoms with Crippen LogP contribution in [-0.4, -0.2) is 30.0 Å². The highest BCUT2D eigenvalue weighted by Gasteiger charge is 2.61. The first-order chi connectivity index (χ1) is 15.5. The van der Waals surface area contributed by atoms with Gasteiger partial charge in [-0.25, -0.2) is 0 Å². The van der Waals surface area contributed by atoms with E-state index in [9.17, 15) is 14.4 Å². The molecule has 1 atom stereocenters. The molecule has 0 unspecified atom stereocenters. The van der Waals surface area contributed by atoms with Crippen molar-refractivity contribution in [3.05, 3.63) is 89.4 Å². The Kier molecular flexibility index (Phi) is 5.15. The number of thioether (sulfide) groups is 1. The molecule has 160 valence electrons. The second-order valence-electron chi connectivity index (χ2n) is 7.46. The van der Waals surface area contributed by atoms with Crippen LogP contribution in [0.3, 0.4) is 0 Å². The molecule has 6 nitrogen and oxygen atoms in total. The van der Waals surface area contributed by atoms with Crippen LogP contribution in [0.15, 0.2) is 78.9 Å². The Hall–Kier alpha value is -3.29. The number of rotatable bonds is 4. The lowest BCUT2D eigenvalue weighted by Crippen LogP contribution is -2.50. The second kappa shape index (κ2) is 8.00. The average molecular weight is 464 g/mol. The van der Waals surface area contributed by atoms with Crippen LogP contribution in [0.5, 0.6) is 0 Å². The van der Waals surface area contributed by atoms with E-state index >= 15 is 0 Å². The van der Waals surface area contributed by atoms with E-state index in [-0.39, 0.29) is 30.0 Å². The van der Waals surface area contributed by atoms with Crippen molar-refractivity contribution in [1.29, 1.82) is 0 Å². The molecule has 1 saturated heterocycles. The van der Waals surface area contributed by atoms with Crippen LogP contribution in [0.1, 0.15) is 5.56 Å². The molecule has 3 aromatic rings. The predicted octanol–water partition coefficient (Wildman–Crippen LogP) is 4.26. The summed E-state index contributed by atoms with van der Waals surface area (Å²) < 4.78 is 0. The molecule has 2 aliphatic heterocycles. The summed E-state index contributed by atoms with van der Waals surface area (Å²) in [6.07, 6.45) is 0. The van der Waals surface area contributed by atoms with Crippen molar-refractivity contribution in [3.8, 4) is 0 Å². The number of hydrogen-bond acceptors (Lipinski definition) is 4. The maximum atomic E-state index is 13.9. The number of para-hydroxylation sites is 2. The fourth-order valence-corrected chi connectivity index (χ4v) is 5.75. The zero-order chi connectivity index (χ0) is 22.3. The van der Waals surface area contributed by atoms with E-state index in [1.54, 1.807) is 35.2 Å².